The SMILES string of the molecule is Cc1cc(Br)c(NS(=O)(=O)c2ccccc2)c(Br)c1. The van der Waals surface area contributed by atoms with Gasteiger partial charge in [0, 0.05) is 8.95 Å². The van der Waals surface area contributed by atoms with Crippen LogP contribution < -0.4 is 4.72 Å². The number of halogens is 2. The first-order valence-corrected chi connectivity index (χ1v) is 8.50. The minimum absolute atomic E-state index is 0.231. The molecule has 0 spiro atoms. The zero-order valence-corrected chi connectivity index (χ0v) is 14.0. The molecular formula is C13H11Br2NO2S. The number of hydrogen-bond acceptors (Lipinski definition) is 2. The van der Waals surface area contributed by atoms with E-state index in [4.69, 9.17) is 0 Å². The largest absolute Gasteiger partial charge is 0.277 e. The van der Waals surface area contributed by atoms with E-state index in [1.807, 2.05) is 19.1 Å². The van der Waals surface area contributed by atoms with E-state index in [9.17, 15) is 8.42 Å². The van der Waals surface area contributed by atoms with Gasteiger partial charge >= 0.3 is 0 Å². The molecule has 0 unspecified atom stereocenters. The summed E-state index contributed by atoms with van der Waals surface area (Å²) in [5.41, 5.74) is 1.52. The molecular weight excluding hydrogens is 394 g/mol. The van der Waals surface area contributed by atoms with Crippen molar-refractivity contribution >= 4 is 47.6 Å². The lowest BCUT2D eigenvalue weighted by Gasteiger charge is -2.12. The molecule has 100 valence electrons. The van der Waals surface area contributed by atoms with E-state index in [0.717, 1.165) is 5.56 Å². The predicted molar refractivity (Wildman–Crippen MR) is 83.8 cm³/mol. The lowest BCUT2D eigenvalue weighted by atomic mass is 10.2. The first kappa shape index (κ1) is 14.6. The van der Waals surface area contributed by atoms with Crippen LogP contribution in [0.3, 0.4) is 0 Å². The van der Waals surface area contributed by atoms with Crippen LogP contribution in [0, 0.1) is 6.92 Å². The smallest absolute Gasteiger partial charge is 0.261 e. The van der Waals surface area contributed by atoms with E-state index in [1.54, 1.807) is 30.3 Å². The average Bonchev–Trinajstić information content (AvgIpc) is 2.35. The Hall–Kier alpha value is -0.850. The van der Waals surface area contributed by atoms with Gasteiger partial charge in [-0.15, -0.1) is 0 Å². The number of hydrogen-bond donors (Lipinski definition) is 1. The van der Waals surface area contributed by atoms with Gasteiger partial charge in [0.15, 0.2) is 0 Å². The Labute approximate surface area is 129 Å². The molecule has 0 aromatic heterocycles. The van der Waals surface area contributed by atoms with Crippen molar-refractivity contribution in [2.45, 2.75) is 11.8 Å². The summed E-state index contributed by atoms with van der Waals surface area (Å²) in [6.07, 6.45) is 0. The van der Waals surface area contributed by atoms with E-state index in [-0.39, 0.29) is 4.90 Å². The van der Waals surface area contributed by atoms with Crippen molar-refractivity contribution in [3.63, 3.8) is 0 Å². The van der Waals surface area contributed by atoms with Gasteiger partial charge in [0.1, 0.15) is 0 Å². The Kier molecular flexibility index (Phi) is 4.32. The Morgan fingerprint density at radius 1 is 1.00 bits per heavy atom. The average molecular weight is 405 g/mol. The van der Waals surface area contributed by atoms with Crippen LogP contribution >= 0.6 is 31.9 Å². The highest BCUT2D eigenvalue weighted by molar-refractivity contribution is 9.11. The minimum Gasteiger partial charge on any atom is -0.277 e. The van der Waals surface area contributed by atoms with E-state index in [2.05, 4.69) is 36.6 Å². The summed E-state index contributed by atoms with van der Waals surface area (Å²) in [4.78, 5) is 0.231. The van der Waals surface area contributed by atoms with Gasteiger partial charge in [0.25, 0.3) is 10.0 Å². The van der Waals surface area contributed by atoms with Gasteiger partial charge in [-0.2, -0.15) is 0 Å². The summed E-state index contributed by atoms with van der Waals surface area (Å²) in [7, 11) is -3.58. The monoisotopic (exact) mass is 403 g/mol. The number of benzene rings is 2. The van der Waals surface area contributed by atoms with Gasteiger partial charge in [-0.05, 0) is 68.6 Å². The maximum absolute atomic E-state index is 12.2. The van der Waals surface area contributed by atoms with Gasteiger partial charge in [0.2, 0.25) is 0 Å². The fraction of sp³-hybridized carbons (Fsp3) is 0.0769. The van der Waals surface area contributed by atoms with Crippen LogP contribution in [0.2, 0.25) is 0 Å². The lowest BCUT2D eigenvalue weighted by Crippen LogP contribution is -2.13. The van der Waals surface area contributed by atoms with Crippen LogP contribution in [0.4, 0.5) is 5.69 Å². The van der Waals surface area contributed by atoms with Crippen LogP contribution in [0.15, 0.2) is 56.3 Å². The molecule has 3 nitrogen and oxygen atoms in total. The molecule has 2 rings (SSSR count). The molecule has 6 heteroatoms. The molecule has 19 heavy (non-hydrogen) atoms. The van der Waals surface area contributed by atoms with Crippen LogP contribution in [-0.4, -0.2) is 8.42 Å². The maximum Gasteiger partial charge on any atom is 0.261 e. The van der Waals surface area contributed by atoms with Gasteiger partial charge < -0.3 is 0 Å². The molecule has 0 atom stereocenters. The first-order valence-electron chi connectivity index (χ1n) is 5.43. The molecule has 0 amide bonds. The number of aryl methyl sites for hydroxylation is 1. The van der Waals surface area contributed by atoms with Crippen LogP contribution in [0.1, 0.15) is 5.56 Å². The van der Waals surface area contributed by atoms with Crippen molar-refractivity contribution in [1.82, 2.24) is 0 Å². The van der Waals surface area contributed by atoms with Gasteiger partial charge in [-0.3, -0.25) is 4.72 Å². The second-order valence-electron chi connectivity index (χ2n) is 4.02. The Morgan fingerprint density at radius 3 is 2.05 bits per heavy atom. The predicted octanol–water partition coefficient (Wildman–Crippen LogP) is 4.32. The number of anilines is 1. The van der Waals surface area contributed by atoms with E-state index in [1.165, 1.54) is 0 Å². The molecule has 0 bridgehead atoms. The maximum atomic E-state index is 12.2. The van der Waals surface area contributed by atoms with Crippen molar-refractivity contribution in [1.29, 1.82) is 0 Å². The van der Waals surface area contributed by atoms with Crippen molar-refractivity contribution in [3.8, 4) is 0 Å². The number of nitrogens with one attached hydrogen (secondary N) is 1. The second-order valence-corrected chi connectivity index (χ2v) is 7.41. The topological polar surface area (TPSA) is 46.2 Å². The van der Waals surface area contributed by atoms with Crippen LogP contribution in [-0.2, 0) is 10.0 Å². The zero-order chi connectivity index (χ0) is 14.0. The highest BCUT2D eigenvalue weighted by Crippen LogP contribution is 2.33. The molecule has 0 fully saturated rings. The Balaban J connectivity index is 2.42. The summed E-state index contributed by atoms with van der Waals surface area (Å²) in [5, 5.41) is 0. The standard InChI is InChI=1S/C13H11Br2NO2S/c1-9-7-11(14)13(12(15)8-9)16-19(17,18)10-5-3-2-4-6-10/h2-8,16H,1H3. The molecule has 2 aromatic carbocycles. The lowest BCUT2D eigenvalue weighted by molar-refractivity contribution is 0.601. The summed E-state index contributed by atoms with van der Waals surface area (Å²) in [5.74, 6) is 0. The van der Waals surface area contributed by atoms with Gasteiger partial charge in [-0.1, -0.05) is 18.2 Å². The Bertz CT molecular complexity index is 677. The zero-order valence-electron chi connectivity index (χ0n) is 10.0. The fourth-order valence-electron chi connectivity index (χ4n) is 1.59. The molecule has 0 aliphatic rings. The van der Waals surface area contributed by atoms with Crippen LogP contribution in [0.5, 0.6) is 0 Å². The van der Waals surface area contributed by atoms with Crippen LogP contribution in [0.25, 0.3) is 0 Å². The number of sulfonamides is 1. The van der Waals surface area contributed by atoms with E-state index >= 15 is 0 Å². The quantitative estimate of drug-likeness (QED) is 0.827. The normalized spacial score (nSPS) is 11.3. The van der Waals surface area contributed by atoms with Crippen molar-refractivity contribution in [2.75, 3.05) is 4.72 Å². The van der Waals surface area contributed by atoms with Crippen molar-refractivity contribution in [3.05, 3.63) is 57.0 Å². The third-order valence-corrected chi connectivity index (χ3v) is 5.09. The summed E-state index contributed by atoms with van der Waals surface area (Å²) in [6.45, 7) is 1.94. The molecule has 0 radical (unpaired) electrons. The van der Waals surface area contributed by atoms with Crippen molar-refractivity contribution < 1.29 is 8.42 Å². The summed E-state index contributed by atoms with van der Waals surface area (Å²) in [6, 6.07) is 12.0. The van der Waals surface area contributed by atoms with E-state index < -0.39 is 10.0 Å². The first-order chi connectivity index (χ1) is 8.90. The van der Waals surface area contributed by atoms with Crippen molar-refractivity contribution in [2.24, 2.45) is 0 Å². The highest BCUT2D eigenvalue weighted by atomic mass is 79.9. The van der Waals surface area contributed by atoms with Gasteiger partial charge in [-0.25, -0.2) is 8.42 Å². The Morgan fingerprint density at radius 2 is 1.53 bits per heavy atom. The third-order valence-electron chi connectivity index (χ3n) is 2.48. The molecule has 0 aliphatic heterocycles. The molecule has 0 aliphatic carbocycles. The third kappa shape index (κ3) is 3.38. The summed E-state index contributed by atoms with van der Waals surface area (Å²) < 4.78 is 28.4. The highest BCUT2D eigenvalue weighted by Gasteiger charge is 2.17. The second kappa shape index (κ2) is 5.64. The fourth-order valence-corrected chi connectivity index (χ4v) is 4.59. The summed E-state index contributed by atoms with van der Waals surface area (Å²) >= 11 is 6.73. The van der Waals surface area contributed by atoms with Gasteiger partial charge in [0.05, 0.1) is 10.6 Å². The molecule has 1 N–H and O–H groups in total. The molecule has 0 heterocycles. The van der Waals surface area contributed by atoms with E-state index in [0.29, 0.717) is 14.6 Å². The molecule has 2 aromatic rings. The number of rotatable bonds is 3. The minimum atomic E-state index is -3.58. The molecule has 0 saturated heterocycles. The molecule has 0 saturated carbocycles.